The smallest absolute Gasteiger partial charge is 0.255 e. The largest absolute Gasteiger partial charge is 0.488 e. The molecule has 3 atom stereocenters. The maximum Gasteiger partial charge on any atom is 0.255 e. The number of carbonyl (C=O) groups is 2. The maximum atomic E-state index is 16.5. The molecule has 4 saturated heterocycles. The van der Waals surface area contributed by atoms with Gasteiger partial charge in [-0.2, -0.15) is 5.10 Å². The van der Waals surface area contributed by atoms with Crippen LogP contribution in [-0.2, 0) is 11.3 Å². The standard InChI is InChI=1S/C46H58F2N10O4/c1-29-24-55(20-21-57(29)37-7-5-32-34(41(37)47)26-58(43(32)60)38-8-9-40(59)51-45(38,3)61)27-46(48)14-18-54(19-15-46)25-30-10-16-56(17-11-30)39-23-36(49-28-50-39)42-33-22-31(62-44(2)12-13-44)4-6-35(33)52-53-42/h4-7,22-23,28-30,38,61H,8-21,24-27H2,1-3H3,(H,51,59)(H,52,53)/t29-,38?,45?/m0/s1. The summed E-state index contributed by atoms with van der Waals surface area (Å²) in [7, 11) is 0. The van der Waals surface area contributed by atoms with E-state index in [9.17, 15) is 14.7 Å². The highest BCUT2D eigenvalue weighted by Crippen LogP contribution is 2.41. The number of nitrogens with zero attached hydrogens (tertiary/aromatic N) is 8. The zero-order valence-electron chi connectivity index (χ0n) is 36.0. The fourth-order valence-electron chi connectivity index (χ4n) is 10.7. The molecule has 4 aromatic rings. The number of ether oxygens (including phenoxy) is 1. The molecule has 16 heteroatoms. The molecule has 5 fully saturated rings. The number of aromatic nitrogens is 4. The molecule has 0 radical (unpaired) electrons. The van der Waals surface area contributed by atoms with Gasteiger partial charge in [0.2, 0.25) is 5.91 Å². The van der Waals surface area contributed by atoms with E-state index in [2.05, 4.69) is 53.2 Å². The van der Waals surface area contributed by atoms with Crippen molar-refractivity contribution in [1.29, 1.82) is 0 Å². The summed E-state index contributed by atoms with van der Waals surface area (Å²) in [4.78, 5) is 45.0. The SMILES string of the molecule is C[C@H]1CN(CC2(F)CCN(CC3CCN(c4cc(-c5n[nH]c6ccc(OC7(C)CC7)cc56)ncn4)CC3)CC2)CCN1c1ccc2c(c1F)CN(C1CCC(=O)NC1(C)O)C2=O. The molecule has 0 bridgehead atoms. The number of anilines is 2. The molecular formula is C46H58F2N10O4. The number of halogens is 2. The second-order valence-electron chi connectivity index (χ2n) is 19.4. The van der Waals surface area contributed by atoms with E-state index in [4.69, 9.17) is 4.74 Å². The molecule has 10 rings (SSSR count). The Labute approximate surface area is 361 Å². The van der Waals surface area contributed by atoms with Gasteiger partial charge in [-0.15, -0.1) is 0 Å². The number of nitrogens with one attached hydrogen (secondary N) is 2. The third kappa shape index (κ3) is 7.98. The average Bonchev–Trinajstić information content (AvgIpc) is 3.66. The van der Waals surface area contributed by atoms with E-state index in [0.29, 0.717) is 68.2 Å². The Bertz CT molecular complexity index is 2350. The molecule has 2 amide bonds. The number of rotatable bonds is 10. The summed E-state index contributed by atoms with van der Waals surface area (Å²) in [5.74, 6) is 1.25. The number of amides is 2. The Kier molecular flexibility index (Phi) is 10.4. The number of aliphatic hydroxyl groups is 1. The van der Waals surface area contributed by atoms with Crippen LogP contribution in [0.2, 0.25) is 0 Å². The third-order valence-corrected chi connectivity index (χ3v) is 14.6. The Morgan fingerprint density at radius 3 is 2.45 bits per heavy atom. The Morgan fingerprint density at radius 1 is 0.919 bits per heavy atom. The third-order valence-electron chi connectivity index (χ3n) is 14.6. The number of hydrogen-bond acceptors (Lipinski definition) is 11. The number of alkyl halides is 1. The number of carbonyl (C=O) groups excluding carboxylic acids is 2. The van der Waals surface area contributed by atoms with Gasteiger partial charge in [0, 0.05) is 93.9 Å². The highest BCUT2D eigenvalue weighted by Gasteiger charge is 2.47. The molecule has 14 nitrogen and oxygen atoms in total. The van der Waals surface area contributed by atoms with Gasteiger partial charge >= 0.3 is 0 Å². The van der Waals surface area contributed by atoms with Gasteiger partial charge in [-0.25, -0.2) is 18.7 Å². The van der Waals surface area contributed by atoms with Crippen LogP contribution in [0.25, 0.3) is 22.3 Å². The Balaban J connectivity index is 0.692. The molecule has 3 N–H and O–H groups in total. The molecule has 2 unspecified atom stereocenters. The van der Waals surface area contributed by atoms with Crippen LogP contribution in [-0.4, -0.2) is 140 Å². The summed E-state index contributed by atoms with van der Waals surface area (Å²) in [5.41, 5.74) is 0.638. The van der Waals surface area contributed by atoms with Crippen molar-refractivity contribution in [1.82, 2.24) is 40.2 Å². The quantitative estimate of drug-likeness (QED) is 0.192. The number of benzene rings is 2. The van der Waals surface area contributed by atoms with E-state index in [0.717, 1.165) is 92.3 Å². The first kappa shape index (κ1) is 41.1. The van der Waals surface area contributed by atoms with E-state index in [1.54, 1.807) is 18.5 Å². The van der Waals surface area contributed by atoms with Crippen LogP contribution in [0.3, 0.4) is 0 Å². The lowest BCUT2D eigenvalue weighted by molar-refractivity contribution is -0.139. The summed E-state index contributed by atoms with van der Waals surface area (Å²) in [6, 6.07) is 10.7. The highest BCUT2D eigenvalue weighted by molar-refractivity contribution is 5.99. The summed E-state index contributed by atoms with van der Waals surface area (Å²) in [6.45, 7) is 12.1. The van der Waals surface area contributed by atoms with Crippen molar-refractivity contribution < 1.29 is 28.2 Å². The Morgan fingerprint density at radius 2 is 1.71 bits per heavy atom. The average molecular weight is 853 g/mol. The van der Waals surface area contributed by atoms with Gasteiger partial charge < -0.3 is 34.8 Å². The number of fused-ring (bicyclic) bond motifs is 2. The van der Waals surface area contributed by atoms with E-state index in [1.807, 2.05) is 30.0 Å². The van der Waals surface area contributed by atoms with E-state index in [1.165, 1.54) is 11.8 Å². The molecule has 2 aromatic carbocycles. The number of piperazine rings is 1. The number of aromatic amines is 1. The van der Waals surface area contributed by atoms with Gasteiger partial charge in [0.05, 0.1) is 29.5 Å². The maximum absolute atomic E-state index is 16.5. The van der Waals surface area contributed by atoms with Gasteiger partial charge in [-0.05, 0) is 102 Å². The molecule has 0 spiro atoms. The van der Waals surface area contributed by atoms with E-state index >= 15 is 8.78 Å². The monoisotopic (exact) mass is 852 g/mol. The van der Waals surface area contributed by atoms with Crippen LogP contribution in [0, 0.1) is 11.7 Å². The molecule has 7 heterocycles. The van der Waals surface area contributed by atoms with Crippen LogP contribution in [0.4, 0.5) is 20.3 Å². The van der Waals surface area contributed by atoms with Crippen molar-refractivity contribution in [3.05, 3.63) is 59.7 Å². The minimum atomic E-state index is -1.60. The van der Waals surface area contributed by atoms with Crippen molar-refractivity contribution in [3.63, 3.8) is 0 Å². The van der Waals surface area contributed by atoms with Crippen LogP contribution >= 0.6 is 0 Å². The number of H-pyrrole nitrogens is 1. The lowest BCUT2D eigenvalue weighted by Crippen LogP contribution is -2.63. The van der Waals surface area contributed by atoms with Gasteiger partial charge in [0.1, 0.15) is 34.9 Å². The van der Waals surface area contributed by atoms with Crippen molar-refractivity contribution in [2.45, 2.75) is 108 Å². The minimum absolute atomic E-state index is 0.0335. The number of likely N-dealkylation sites (tertiary alicyclic amines) is 1. The molecular weight excluding hydrogens is 795 g/mol. The van der Waals surface area contributed by atoms with Crippen molar-refractivity contribution >= 4 is 34.2 Å². The topological polar surface area (TPSA) is 146 Å². The number of piperidine rings is 3. The van der Waals surface area contributed by atoms with E-state index < -0.39 is 23.3 Å². The Hall–Kier alpha value is -4.93. The zero-order valence-corrected chi connectivity index (χ0v) is 36.0. The summed E-state index contributed by atoms with van der Waals surface area (Å²) >= 11 is 0. The molecule has 1 saturated carbocycles. The second kappa shape index (κ2) is 15.7. The first-order chi connectivity index (χ1) is 29.7. The molecule has 330 valence electrons. The second-order valence-corrected chi connectivity index (χ2v) is 19.4. The molecule has 5 aliphatic heterocycles. The predicted octanol–water partition coefficient (Wildman–Crippen LogP) is 5.26. The lowest BCUT2D eigenvalue weighted by atomic mass is 9.90. The summed E-state index contributed by atoms with van der Waals surface area (Å²) < 4.78 is 38.9. The van der Waals surface area contributed by atoms with Gasteiger partial charge in [0.25, 0.3) is 5.91 Å². The summed E-state index contributed by atoms with van der Waals surface area (Å²) in [6.07, 6.45) is 7.35. The van der Waals surface area contributed by atoms with Gasteiger partial charge in [-0.1, -0.05) is 0 Å². The molecule has 2 aromatic heterocycles. The van der Waals surface area contributed by atoms with Crippen molar-refractivity contribution in [3.8, 4) is 17.1 Å². The molecule has 1 aliphatic carbocycles. The molecule has 62 heavy (non-hydrogen) atoms. The minimum Gasteiger partial charge on any atom is -0.488 e. The first-order valence-corrected chi connectivity index (χ1v) is 22.5. The summed E-state index contributed by atoms with van der Waals surface area (Å²) in [5, 5.41) is 22.2. The molecule has 6 aliphatic rings. The number of hydrogen-bond donors (Lipinski definition) is 3. The van der Waals surface area contributed by atoms with Crippen molar-refractivity contribution in [2.75, 3.05) is 68.7 Å². The fraction of sp³-hybridized carbons (Fsp3) is 0.587. The van der Waals surface area contributed by atoms with Crippen LogP contribution in [0.15, 0.2) is 42.7 Å². The first-order valence-electron chi connectivity index (χ1n) is 22.5. The van der Waals surface area contributed by atoms with Crippen molar-refractivity contribution in [2.24, 2.45) is 5.92 Å². The zero-order chi connectivity index (χ0) is 43.0. The van der Waals surface area contributed by atoms with Crippen LogP contribution < -0.4 is 19.9 Å². The van der Waals surface area contributed by atoms with Crippen LogP contribution in [0.1, 0.15) is 88.1 Å². The van der Waals surface area contributed by atoms with E-state index in [-0.39, 0.29) is 36.4 Å². The van der Waals surface area contributed by atoms with Crippen LogP contribution in [0.5, 0.6) is 5.75 Å². The lowest BCUT2D eigenvalue weighted by Gasteiger charge is -2.45. The predicted molar refractivity (Wildman–Crippen MR) is 231 cm³/mol. The fourth-order valence-corrected chi connectivity index (χ4v) is 10.7. The van der Waals surface area contributed by atoms with Gasteiger partial charge in [0.15, 0.2) is 11.5 Å². The normalized spacial score (nSPS) is 26.8. The van der Waals surface area contributed by atoms with Gasteiger partial charge in [-0.3, -0.25) is 19.6 Å². The highest BCUT2D eigenvalue weighted by atomic mass is 19.1.